The minimum absolute atomic E-state index is 0.204. The van der Waals surface area contributed by atoms with Crippen molar-refractivity contribution in [3.05, 3.63) is 85.0 Å². The number of hydrogen-bond acceptors (Lipinski definition) is 16. The van der Waals surface area contributed by atoms with E-state index in [1.165, 1.54) is 77.0 Å². The van der Waals surface area contributed by atoms with Crippen LogP contribution in [0.2, 0.25) is 0 Å². The Morgan fingerprint density at radius 3 is 1.11 bits per heavy atom. The van der Waals surface area contributed by atoms with Crippen LogP contribution in [-0.4, -0.2) is 95.6 Å². The summed E-state index contributed by atoms with van der Waals surface area (Å²) in [6.07, 6.45) is 45.7. The van der Waals surface area contributed by atoms with Gasteiger partial charge < -0.3 is 43.4 Å². The van der Waals surface area contributed by atoms with Crippen molar-refractivity contribution >= 4 is 47.8 Å². The SMILES string of the molecule is C#CC1(OC(=O)c2ccc(OC(=O)C3CCC(C(=O)O)CC3)cc2)CCC(C2CCC(CCC)CC2)CC1.C#CC1(OC(=O)c2ccc(OC(=O)C3CCC(C(=O)OCCCCCOC(=O)C=C)CC3)cc2)CCC(C2CCC(CCC)CC2)CC1.C=CC(=O)OCCCCCO. The molecule has 0 saturated heterocycles. The average Bonchev–Trinajstić information content (AvgIpc) is 0.830. The van der Waals surface area contributed by atoms with Gasteiger partial charge in [0.15, 0.2) is 11.2 Å². The summed E-state index contributed by atoms with van der Waals surface area (Å²) in [5.41, 5.74) is -0.978. The number of aliphatic hydroxyl groups is 1. The summed E-state index contributed by atoms with van der Waals surface area (Å²) in [7, 11) is 0. The number of ether oxygens (including phenoxy) is 7. The molecule has 2 aromatic rings. The van der Waals surface area contributed by atoms with E-state index in [4.69, 9.17) is 56.2 Å². The number of aliphatic hydroxyl groups excluding tert-OH is 1. The zero-order valence-corrected chi connectivity index (χ0v) is 58.0. The van der Waals surface area contributed by atoms with E-state index in [1.807, 2.05) is 0 Å². The number of unbranched alkanes of at least 4 members (excludes halogenated alkanes) is 4. The second-order valence-corrected chi connectivity index (χ2v) is 28.0. The molecule has 6 fully saturated rings. The predicted molar refractivity (Wildman–Crippen MR) is 369 cm³/mol. The van der Waals surface area contributed by atoms with Crippen LogP contribution in [-0.2, 0) is 52.5 Å². The van der Waals surface area contributed by atoms with Gasteiger partial charge in [0.25, 0.3) is 0 Å². The summed E-state index contributed by atoms with van der Waals surface area (Å²) in [6.45, 7) is 12.4. The topological polar surface area (TPSA) is 242 Å². The fourth-order valence-electron chi connectivity index (χ4n) is 15.3. The van der Waals surface area contributed by atoms with Gasteiger partial charge in [-0.3, -0.25) is 19.2 Å². The molecule has 2 N–H and O–H groups in total. The van der Waals surface area contributed by atoms with Gasteiger partial charge >= 0.3 is 47.8 Å². The third-order valence-corrected chi connectivity index (χ3v) is 21.4. The molecule has 8 rings (SSSR count). The molecule has 0 spiro atoms. The monoisotopic (exact) mass is 1340 g/mol. The predicted octanol–water partition coefficient (Wildman–Crippen LogP) is 15.9. The van der Waals surface area contributed by atoms with Crippen LogP contribution in [0.25, 0.3) is 0 Å². The van der Waals surface area contributed by atoms with Gasteiger partial charge in [0.05, 0.1) is 54.6 Å². The van der Waals surface area contributed by atoms with E-state index in [9.17, 15) is 38.4 Å². The van der Waals surface area contributed by atoms with Crippen molar-refractivity contribution in [3.8, 4) is 36.2 Å². The highest BCUT2D eigenvalue weighted by Crippen LogP contribution is 2.46. The number of hydrogen-bond donors (Lipinski definition) is 2. The molecule has 6 saturated carbocycles. The molecule has 0 heterocycles. The third-order valence-electron chi connectivity index (χ3n) is 21.4. The van der Waals surface area contributed by atoms with Gasteiger partial charge in [-0.15, -0.1) is 12.8 Å². The van der Waals surface area contributed by atoms with E-state index in [0.29, 0.717) is 144 Å². The quantitative estimate of drug-likeness (QED) is 0.0192. The summed E-state index contributed by atoms with van der Waals surface area (Å²) in [5.74, 6) is 6.35. The largest absolute Gasteiger partial charge is 0.481 e. The maximum Gasteiger partial charge on any atom is 0.339 e. The number of carbonyl (C=O) groups excluding carboxylic acids is 7. The summed E-state index contributed by atoms with van der Waals surface area (Å²) in [4.78, 5) is 96.5. The van der Waals surface area contributed by atoms with E-state index in [2.05, 4.69) is 38.8 Å². The van der Waals surface area contributed by atoms with Gasteiger partial charge in [0.2, 0.25) is 0 Å². The van der Waals surface area contributed by atoms with E-state index < -0.39 is 35.1 Å². The first kappa shape index (κ1) is 78.8. The second kappa shape index (κ2) is 41.9. The molecular formula is C80H110O17. The van der Waals surface area contributed by atoms with E-state index in [-0.39, 0.29) is 54.2 Å². The molecule has 17 heteroatoms. The fraction of sp³-hybridized carbons (Fsp3) is 0.650. The van der Waals surface area contributed by atoms with E-state index in [0.717, 1.165) is 87.2 Å². The van der Waals surface area contributed by atoms with Crippen LogP contribution in [0.15, 0.2) is 73.8 Å². The average molecular weight is 1340 g/mol. The van der Waals surface area contributed by atoms with Gasteiger partial charge in [-0.1, -0.05) is 90.2 Å². The number of carboxylic acids is 1. The minimum Gasteiger partial charge on any atom is -0.481 e. The molecule has 0 aliphatic heterocycles. The van der Waals surface area contributed by atoms with Gasteiger partial charge in [0, 0.05) is 18.8 Å². The lowest BCUT2D eigenvalue weighted by Crippen LogP contribution is -2.39. The Morgan fingerprint density at radius 1 is 0.454 bits per heavy atom. The van der Waals surface area contributed by atoms with Crippen LogP contribution in [0.3, 0.4) is 0 Å². The van der Waals surface area contributed by atoms with Crippen LogP contribution in [0.4, 0.5) is 0 Å². The molecule has 0 bridgehead atoms. The lowest BCUT2D eigenvalue weighted by molar-refractivity contribution is -0.152. The first-order chi connectivity index (χ1) is 46.9. The van der Waals surface area contributed by atoms with E-state index >= 15 is 0 Å². The van der Waals surface area contributed by atoms with Gasteiger partial charge in [-0.25, -0.2) is 19.2 Å². The van der Waals surface area contributed by atoms with Crippen LogP contribution < -0.4 is 9.47 Å². The Balaban J connectivity index is 0.000000270. The first-order valence-corrected chi connectivity index (χ1v) is 36.5. The van der Waals surface area contributed by atoms with Gasteiger partial charge in [0.1, 0.15) is 11.5 Å². The Labute approximate surface area is 577 Å². The Hall–Kier alpha value is -7.24. The van der Waals surface area contributed by atoms with Crippen LogP contribution >= 0.6 is 0 Å². The Morgan fingerprint density at radius 2 is 0.784 bits per heavy atom. The van der Waals surface area contributed by atoms with E-state index in [1.54, 1.807) is 48.5 Å². The highest BCUT2D eigenvalue weighted by Gasteiger charge is 2.43. The number of terminal acetylenes is 2. The molecule has 532 valence electrons. The lowest BCUT2D eigenvalue weighted by atomic mass is 9.68. The van der Waals surface area contributed by atoms with Crippen molar-refractivity contribution in [2.75, 3.05) is 26.4 Å². The first-order valence-electron chi connectivity index (χ1n) is 36.5. The molecular weight excluding hydrogens is 1230 g/mol. The smallest absolute Gasteiger partial charge is 0.339 e. The Kier molecular flexibility index (Phi) is 34.0. The number of rotatable bonds is 29. The lowest BCUT2D eigenvalue weighted by Gasteiger charge is -2.41. The maximum atomic E-state index is 13.1. The van der Waals surface area contributed by atoms with Gasteiger partial charge in [-0.05, 0) is 251 Å². The maximum absolute atomic E-state index is 13.1. The number of carbonyl (C=O) groups is 8. The summed E-state index contributed by atoms with van der Waals surface area (Å²) in [5, 5.41) is 17.5. The highest BCUT2D eigenvalue weighted by molar-refractivity contribution is 5.91. The van der Waals surface area contributed by atoms with Crippen molar-refractivity contribution in [1.29, 1.82) is 0 Å². The zero-order valence-electron chi connectivity index (χ0n) is 58.0. The zero-order chi connectivity index (χ0) is 70.0. The van der Waals surface area contributed by atoms with Crippen LogP contribution in [0, 0.1) is 83.9 Å². The summed E-state index contributed by atoms with van der Waals surface area (Å²) in [6, 6.07) is 12.8. The molecule has 0 amide bonds. The normalized spacial score (nSPS) is 26.8. The number of benzene rings is 2. The van der Waals surface area contributed by atoms with Crippen molar-refractivity contribution in [1.82, 2.24) is 0 Å². The van der Waals surface area contributed by atoms with Crippen molar-refractivity contribution in [2.45, 2.75) is 243 Å². The molecule has 6 aliphatic carbocycles. The summed E-state index contributed by atoms with van der Waals surface area (Å²) < 4.78 is 38.0. The van der Waals surface area contributed by atoms with Crippen LogP contribution in [0.5, 0.6) is 11.5 Å². The molecule has 0 unspecified atom stereocenters. The molecule has 2 aromatic carbocycles. The fourth-order valence-corrected chi connectivity index (χ4v) is 15.3. The van der Waals surface area contributed by atoms with Crippen molar-refractivity contribution in [2.24, 2.45) is 59.2 Å². The molecule has 97 heavy (non-hydrogen) atoms. The second-order valence-electron chi connectivity index (χ2n) is 28.0. The van der Waals surface area contributed by atoms with Gasteiger partial charge in [-0.2, -0.15) is 0 Å². The number of esters is 7. The number of carboxylic acid groups (broad SMARTS) is 1. The third kappa shape index (κ3) is 26.2. The Bertz CT molecular complexity index is 2890. The molecule has 0 atom stereocenters. The minimum atomic E-state index is -0.868. The molecule has 0 aromatic heterocycles. The number of aliphatic carboxylic acids is 1. The summed E-state index contributed by atoms with van der Waals surface area (Å²) >= 11 is 0. The van der Waals surface area contributed by atoms with Crippen LogP contribution in [0.1, 0.15) is 253 Å². The molecule has 6 aliphatic rings. The van der Waals surface area contributed by atoms with Crippen molar-refractivity contribution < 1.29 is 81.7 Å². The highest BCUT2D eigenvalue weighted by atomic mass is 16.6. The van der Waals surface area contributed by atoms with Crippen molar-refractivity contribution in [3.63, 3.8) is 0 Å². The molecule has 17 nitrogen and oxygen atoms in total. The standard InChI is InChI=1S/C40H54O8.C32H42O6.C8H14O3/c1-4-10-29-11-13-30(14-12-29)31-23-25-40(6-3,26-24-31)48-39(44)34-19-21-35(22-20-34)47-38(43)33-17-15-32(16-18-33)37(42)46-28-9-7-8-27-45-36(41)5-2;1-3-5-22-6-8-23(9-7-22)24-18-20-32(4-2,21-19-24)38-31(36)27-14-16-28(17-15-27)37-30(35)26-12-10-25(11-13-26)29(33)34;1-2-8(10)11-7-5-3-4-6-9/h3,5,19-22,29-33H,2,4,7-18,23-28H2,1H3;2,14-17,22-26H,3,5-13,18-21H2,1H3,(H,33,34);2,9H,1,3-7H2. The molecule has 0 radical (unpaired) electrons.